The molecule has 130 valence electrons. The van der Waals surface area contributed by atoms with Crippen molar-refractivity contribution in [1.82, 2.24) is 15.5 Å². The second-order valence-electron chi connectivity index (χ2n) is 5.82. The van der Waals surface area contributed by atoms with E-state index in [0.717, 1.165) is 50.6 Å². The van der Waals surface area contributed by atoms with Gasteiger partial charge in [0.1, 0.15) is 5.75 Å². The zero-order valence-electron chi connectivity index (χ0n) is 14.0. The van der Waals surface area contributed by atoms with Crippen LogP contribution in [-0.4, -0.2) is 57.2 Å². The first-order chi connectivity index (χ1) is 10.7. The molecular weight excluding hydrogens is 314 g/mol. The van der Waals surface area contributed by atoms with Gasteiger partial charge in [-0.15, -0.1) is 12.4 Å². The monoisotopic (exact) mass is 341 g/mol. The maximum Gasteiger partial charge on any atom is 0.220 e. The molecule has 1 aliphatic rings. The van der Waals surface area contributed by atoms with E-state index < -0.39 is 0 Å². The van der Waals surface area contributed by atoms with Crippen molar-refractivity contribution in [3.63, 3.8) is 0 Å². The second kappa shape index (κ2) is 10.5. The number of piperazine rings is 1. The van der Waals surface area contributed by atoms with Gasteiger partial charge in [0.25, 0.3) is 0 Å². The van der Waals surface area contributed by atoms with Crippen LogP contribution >= 0.6 is 12.4 Å². The molecule has 1 saturated heterocycles. The van der Waals surface area contributed by atoms with Crippen molar-refractivity contribution in [2.45, 2.75) is 19.3 Å². The minimum atomic E-state index is 0. The van der Waals surface area contributed by atoms with Crippen LogP contribution in [0.4, 0.5) is 0 Å². The number of nitrogens with one attached hydrogen (secondary N) is 2. The lowest BCUT2D eigenvalue weighted by atomic mass is 9.97. The Balaban J connectivity index is 0.00000264. The van der Waals surface area contributed by atoms with Crippen LogP contribution in [0, 0.1) is 0 Å². The Morgan fingerprint density at radius 3 is 2.83 bits per heavy atom. The van der Waals surface area contributed by atoms with E-state index in [9.17, 15) is 4.79 Å². The largest absolute Gasteiger partial charge is 0.497 e. The predicted octanol–water partition coefficient (Wildman–Crippen LogP) is 1.63. The zero-order valence-corrected chi connectivity index (χ0v) is 14.8. The molecule has 2 rings (SSSR count). The Bertz CT molecular complexity index is 479. The Morgan fingerprint density at radius 1 is 1.39 bits per heavy atom. The molecule has 1 atom stereocenters. The molecule has 1 aliphatic heterocycles. The van der Waals surface area contributed by atoms with E-state index in [1.165, 1.54) is 0 Å². The molecule has 23 heavy (non-hydrogen) atoms. The van der Waals surface area contributed by atoms with Crippen LogP contribution in [-0.2, 0) is 4.79 Å². The topological polar surface area (TPSA) is 53.6 Å². The molecule has 0 aliphatic carbocycles. The number of halogens is 1. The van der Waals surface area contributed by atoms with Crippen molar-refractivity contribution in [3.8, 4) is 5.75 Å². The maximum atomic E-state index is 12.0. The Hall–Kier alpha value is -1.30. The summed E-state index contributed by atoms with van der Waals surface area (Å²) in [6.45, 7) is 7.95. The van der Waals surface area contributed by atoms with E-state index in [2.05, 4.69) is 22.5 Å². The average Bonchev–Trinajstić information content (AvgIpc) is 2.56. The van der Waals surface area contributed by atoms with Gasteiger partial charge >= 0.3 is 0 Å². The van der Waals surface area contributed by atoms with Crippen molar-refractivity contribution in [3.05, 3.63) is 29.8 Å². The lowest BCUT2D eigenvalue weighted by molar-refractivity contribution is -0.121. The van der Waals surface area contributed by atoms with Crippen LogP contribution in [0.15, 0.2) is 24.3 Å². The number of rotatable bonds is 7. The first-order valence-corrected chi connectivity index (χ1v) is 8.03. The molecule has 0 spiro atoms. The fourth-order valence-corrected chi connectivity index (χ4v) is 2.70. The third kappa shape index (κ3) is 6.77. The molecule has 1 aromatic carbocycles. The molecule has 2 N–H and O–H groups in total. The molecule has 0 bridgehead atoms. The minimum Gasteiger partial charge on any atom is -0.497 e. The lowest BCUT2D eigenvalue weighted by Crippen LogP contribution is -2.46. The zero-order chi connectivity index (χ0) is 15.8. The van der Waals surface area contributed by atoms with Crippen LogP contribution in [0.2, 0.25) is 0 Å². The van der Waals surface area contributed by atoms with Gasteiger partial charge in [-0.05, 0) is 23.6 Å². The lowest BCUT2D eigenvalue weighted by Gasteiger charge is -2.27. The van der Waals surface area contributed by atoms with E-state index >= 15 is 0 Å². The summed E-state index contributed by atoms with van der Waals surface area (Å²) >= 11 is 0. The molecule has 5 nitrogen and oxygen atoms in total. The van der Waals surface area contributed by atoms with Crippen LogP contribution in [0.25, 0.3) is 0 Å². The fourth-order valence-electron chi connectivity index (χ4n) is 2.70. The SMILES string of the molecule is COc1cccc(C(C)CC(=O)NCCN2CCNCC2)c1.Cl. The summed E-state index contributed by atoms with van der Waals surface area (Å²) in [6, 6.07) is 7.93. The summed E-state index contributed by atoms with van der Waals surface area (Å²) in [5.74, 6) is 1.14. The number of amides is 1. The predicted molar refractivity (Wildman–Crippen MR) is 95.6 cm³/mol. The Labute approximate surface area is 145 Å². The summed E-state index contributed by atoms with van der Waals surface area (Å²) in [5, 5.41) is 6.36. The Kier molecular flexibility index (Phi) is 8.99. The van der Waals surface area contributed by atoms with Gasteiger partial charge in [-0.2, -0.15) is 0 Å². The minimum absolute atomic E-state index is 0. The van der Waals surface area contributed by atoms with Crippen molar-refractivity contribution in [2.75, 3.05) is 46.4 Å². The van der Waals surface area contributed by atoms with E-state index in [4.69, 9.17) is 4.74 Å². The number of methoxy groups -OCH3 is 1. The molecule has 0 aromatic heterocycles. The van der Waals surface area contributed by atoms with Gasteiger partial charge in [0, 0.05) is 45.7 Å². The quantitative estimate of drug-likeness (QED) is 0.791. The summed E-state index contributed by atoms with van der Waals surface area (Å²) < 4.78 is 5.23. The van der Waals surface area contributed by atoms with Gasteiger partial charge in [-0.3, -0.25) is 9.69 Å². The molecular formula is C17H28ClN3O2. The number of nitrogens with zero attached hydrogens (tertiary/aromatic N) is 1. The van der Waals surface area contributed by atoms with Gasteiger partial charge in [0.2, 0.25) is 5.91 Å². The number of ether oxygens (including phenoxy) is 1. The highest BCUT2D eigenvalue weighted by molar-refractivity contribution is 5.85. The summed E-state index contributed by atoms with van der Waals surface area (Å²) in [4.78, 5) is 14.4. The fraction of sp³-hybridized carbons (Fsp3) is 0.588. The van der Waals surface area contributed by atoms with Crippen molar-refractivity contribution >= 4 is 18.3 Å². The molecule has 1 unspecified atom stereocenters. The summed E-state index contributed by atoms with van der Waals surface area (Å²) in [6.07, 6.45) is 0.509. The summed E-state index contributed by atoms with van der Waals surface area (Å²) in [7, 11) is 1.66. The molecule has 0 radical (unpaired) electrons. The van der Waals surface area contributed by atoms with Crippen LogP contribution in [0.1, 0.15) is 24.8 Å². The smallest absolute Gasteiger partial charge is 0.220 e. The molecule has 1 amide bonds. The first kappa shape index (κ1) is 19.7. The molecule has 1 heterocycles. The highest BCUT2D eigenvalue weighted by atomic mass is 35.5. The van der Waals surface area contributed by atoms with E-state index in [1.54, 1.807) is 7.11 Å². The molecule has 6 heteroatoms. The maximum absolute atomic E-state index is 12.0. The van der Waals surface area contributed by atoms with Crippen LogP contribution < -0.4 is 15.4 Å². The normalized spacial score (nSPS) is 16.3. The third-order valence-electron chi connectivity index (χ3n) is 4.11. The van der Waals surface area contributed by atoms with Gasteiger partial charge in [0.05, 0.1) is 7.11 Å². The van der Waals surface area contributed by atoms with E-state index in [1.807, 2.05) is 24.3 Å². The highest BCUT2D eigenvalue weighted by Gasteiger charge is 2.13. The number of hydrogen-bond acceptors (Lipinski definition) is 4. The van der Waals surface area contributed by atoms with Gasteiger partial charge in [-0.25, -0.2) is 0 Å². The summed E-state index contributed by atoms with van der Waals surface area (Å²) in [5.41, 5.74) is 1.14. The average molecular weight is 342 g/mol. The number of carbonyl (C=O) groups excluding carboxylic acids is 1. The number of hydrogen-bond donors (Lipinski definition) is 2. The van der Waals surface area contributed by atoms with Crippen molar-refractivity contribution < 1.29 is 9.53 Å². The van der Waals surface area contributed by atoms with Crippen LogP contribution in [0.3, 0.4) is 0 Å². The first-order valence-electron chi connectivity index (χ1n) is 8.03. The van der Waals surface area contributed by atoms with E-state index in [-0.39, 0.29) is 24.2 Å². The standard InChI is InChI=1S/C17H27N3O2.ClH/c1-14(15-4-3-5-16(13-15)22-2)12-17(21)19-8-11-20-9-6-18-7-10-20;/h3-5,13-14,18H,6-12H2,1-2H3,(H,19,21);1H. The van der Waals surface area contributed by atoms with Gasteiger partial charge in [0.15, 0.2) is 0 Å². The van der Waals surface area contributed by atoms with Gasteiger partial charge in [-0.1, -0.05) is 19.1 Å². The highest BCUT2D eigenvalue weighted by Crippen LogP contribution is 2.22. The Morgan fingerprint density at radius 2 is 2.13 bits per heavy atom. The third-order valence-corrected chi connectivity index (χ3v) is 4.11. The van der Waals surface area contributed by atoms with E-state index in [0.29, 0.717) is 6.42 Å². The molecule has 1 fully saturated rings. The second-order valence-corrected chi connectivity index (χ2v) is 5.82. The van der Waals surface area contributed by atoms with Crippen LogP contribution in [0.5, 0.6) is 5.75 Å². The van der Waals surface area contributed by atoms with Gasteiger partial charge < -0.3 is 15.4 Å². The molecule has 0 saturated carbocycles. The number of carbonyl (C=O) groups is 1. The molecule has 1 aromatic rings. The van der Waals surface area contributed by atoms with Crippen molar-refractivity contribution in [2.24, 2.45) is 0 Å². The number of benzene rings is 1. The van der Waals surface area contributed by atoms with Crippen molar-refractivity contribution in [1.29, 1.82) is 0 Å².